The number of nitrogens with one attached hydrogen (secondary N) is 2. The predicted molar refractivity (Wildman–Crippen MR) is 115 cm³/mol. The molecule has 2 heterocycles. The van der Waals surface area contributed by atoms with Gasteiger partial charge in [-0.25, -0.2) is 18.4 Å². The number of benzene rings is 1. The molecule has 0 aliphatic carbocycles. The first-order valence-corrected chi connectivity index (χ1v) is 11.6. The van der Waals surface area contributed by atoms with Crippen LogP contribution < -0.4 is 10.2 Å². The molecule has 8 nitrogen and oxygen atoms in total. The number of hydrogen-bond donors (Lipinski definition) is 2. The highest BCUT2D eigenvalue weighted by Gasteiger charge is 2.31. The largest absolute Gasteiger partial charge is 0.353 e. The Morgan fingerprint density at radius 1 is 1.31 bits per heavy atom. The zero-order valence-electron chi connectivity index (χ0n) is 16.6. The van der Waals surface area contributed by atoms with E-state index in [0.29, 0.717) is 31.2 Å². The summed E-state index contributed by atoms with van der Waals surface area (Å²) in [5, 5.41) is 11.8. The van der Waals surface area contributed by atoms with E-state index in [9.17, 15) is 8.42 Å². The second-order valence-electron chi connectivity index (χ2n) is 7.41. The molecule has 0 amide bonds. The van der Waals surface area contributed by atoms with Crippen LogP contribution in [0.15, 0.2) is 41.4 Å². The van der Waals surface area contributed by atoms with Crippen LogP contribution in [0.2, 0.25) is 5.28 Å². The number of anilines is 2. The number of sulfone groups is 1. The Labute approximate surface area is 176 Å². The van der Waals surface area contributed by atoms with Gasteiger partial charge in [0.15, 0.2) is 15.8 Å². The molecule has 10 heteroatoms. The van der Waals surface area contributed by atoms with Crippen LogP contribution in [0.4, 0.5) is 11.5 Å². The Hall–Kier alpha value is -2.39. The quantitative estimate of drug-likeness (QED) is 0.431. The summed E-state index contributed by atoms with van der Waals surface area (Å²) in [5.41, 5.74) is 0.574. The van der Waals surface area contributed by atoms with E-state index >= 15 is 0 Å². The molecule has 0 bridgehead atoms. The summed E-state index contributed by atoms with van der Waals surface area (Å²) in [6, 6.07) is 8.44. The highest BCUT2D eigenvalue weighted by molar-refractivity contribution is 7.90. The molecule has 1 aliphatic heterocycles. The lowest BCUT2D eigenvalue weighted by Gasteiger charge is -2.44. The molecule has 0 saturated carbocycles. The van der Waals surface area contributed by atoms with Crippen LogP contribution >= 0.6 is 11.6 Å². The second-order valence-corrected chi connectivity index (χ2v) is 9.76. The molecule has 1 atom stereocenters. The Balaban J connectivity index is 1.75. The van der Waals surface area contributed by atoms with E-state index in [-0.39, 0.29) is 22.2 Å². The van der Waals surface area contributed by atoms with Crippen molar-refractivity contribution in [2.24, 2.45) is 5.92 Å². The maximum Gasteiger partial charge on any atom is 0.224 e. The molecule has 156 valence electrons. The number of piperazine rings is 1. The van der Waals surface area contributed by atoms with Gasteiger partial charge in [-0.2, -0.15) is 0 Å². The molecular formula is C19H25ClN6O2S. The summed E-state index contributed by atoms with van der Waals surface area (Å²) in [7, 11) is -3.31. The van der Waals surface area contributed by atoms with Crippen molar-refractivity contribution in [2.45, 2.75) is 24.8 Å². The number of hydrogen-bond acceptors (Lipinski definition) is 6. The van der Waals surface area contributed by atoms with Gasteiger partial charge in [-0.05, 0) is 41.8 Å². The molecule has 1 unspecified atom stereocenters. The maximum absolute atomic E-state index is 11.8. The van der Waals surface area contributed by atoms with Crippen molar-refractivity contribution in [2.75, 3.05) is 36.1 Å². The molecule has 2 aromatic rings. The summed E-state index contributed by atoms with van der Waals surface area (Å²) in [4.78, 5) is 12.6. The van der Waals surface area contributed by atoms with Crippen LogP contribution in [-0.4, -0.2) is 61.2 Å². The van der Waals surface area contributed by atoms with Crippen molar-refractivity contribution in [3.8, 4) is 0 Å². The minimum Gasteiger partial charge on any atom is -0.353 e. The molecule has 1 fully saturated rings. The normalized spacial score (nSPS) is 17.5. The van der Waals surface area contributed by atoms with Crippen molar-refractivity contribution in [1.29, 1.82) is 5.41 Å². The molecule has 1 aliphatic rings. The summed E-state index contributed by atoms with van der Waals surface area (Å²) in [5.74, 6) is 1.31. The fraction of sp³-hybridized carbons (Fsp3) is 0.421. The van der Waals surface area contributed by atoms with Crippen LogP contribution in [0.1, 0.15) is 13.8 Å². The Morgan fingerprint density at radius 2 is 2.07 bits per heavy atom. The number of halogens is 1. The Kier molecular flexibility index (Phi) is 6.28. The average Bonchev–Trinajstić information content (AvgIpc) is 2.67. The van der Waals surface area contributed by atoms with E-state index in [4.69, 9.17) is 17.0 Å². The minimum atomic E-state index is -3.31. The molecule has 29 heavy (non-hydrogen) atoms. The lowest BCUT2D eigenvalue weighted by atomic mass is 10.00. The number of nitrogens with zero attached hydrogens (tertiary/aromatic N) is 4. The van der Waals surface area contributed by atoms with Gasteiger partial charge in [0.05, 0.1) is 10.9 Å². The second kappa shape index (κ2) is 8.54. The standard InChI is InChI=1S/C19H25ClN6O2S/c1-13(2)16-12-25(17-7-8-22-18(20)24-17)9-10-26(16)19(21)23-14-5-4-6-15(11-14)29(3,27)28/h4-8,11,13,16H,9-10,12H2,1-3H3,(H2,21,23). The predicted octanol–water partition coefficient (Wildman–Crippen LogP) is 2.73. The molecule has 1 aromatic carbocycles. The smallest absolute Gasteiger partial charge is 0.224 e. The van der Waals surface area contributed by atoms with Crippen molar-refractivity contribution in [3.05, 3.63) is 41.8 Å². The molecule has 3 rings (SSSR count). The zero-order valence-corrected chi connectivity index (χ0v) is 18.2. The fourth-order valence-electron chi connectivity index (χ4n) is 3.38. The van der Waals surface area contributed by atoms with E-state index < -0.39 is 9.84 Å². The van der Waals surface area contributed by atoms with Gasteiger partial charge in [-0.1, -0.05) is 19.9 Å². The number of guanidine groups is 1. The first-order chi connectivity index (χ1) is 13.6. The SMILES string of the molecule is CC(C)C1CN(c2ccnc(Cl)n2)CCN1C(=N)Nc1cccc(S(C)(=O)=O)c1. The first kappa shape index (κ1) is 21.3. The first-order valence-electron chi connectivity index (χ1n) is 9.31. The summed E-state index contributed by atoms with van der Waals surface area (Å²) < 4.78 is 23.6. The van der Waals surface area contributed by atoms with Crippen LogP contribution in [0, 0.1) is 11.3 Å². The van der Waals surface area contributed by atoms with Crippen LogP contribution in [0.5, 0.6) is 0 Å². The maximum atomic E-state index is 11.8. The summed E-state index contributed by atoms with van der Waals surface area (Å²) >= 11 is 5.93. The summed E-state index contributed by atoms with van der Waals surface area (Å²) in [6.07, 6.45) is 2.81. The van der Waals surface area contributed by atoms with E-state index in [1.165, 1.54) is 6.26 Å². The minimum absolute atomic E-state index is 0.0792. The average molecular weight is 437 g/mol. The number of aromatic nitrogens is 2. The topological polar surface area (TPSA) is 102 Å². The zero-order chi connectivity index (χ0) is 21.2. The van der Waals surface area contributed by atoms with E-state index in [1.54, 1.807) is 30.5 Å². The lowest BCUT2D eigenvalue weighted by Crippen LogP contribution is -2.58. The van der Waals surface area contributed by atoms with Crippen molar-refractivity contribution < 1.29 is 8.42 Å². The molecule has 0 spiro atoms. The van der Waals surface area contributed by atoms with Gasteiger partial charge >= 0.3 is 0 Å². The molecule has 2 N–H and O–H groups in total. The molecular weight excluding hydrogens is 412 g/mol. The van der Waals surface area contributed by atoms with Gasteiger partial charge in [0, 0.05) is 37.8 Å². The molecule has 1 aromatic heterocycles. The third-order valence-electron chi connectivity index (χ3n) is 4.94. The van der Waals surface area contributed by atoms with Gasteiger partial charge in [0.1, 0.15) is 5.82 Å². The third-order valence-corrected chi connectivity index (χ3v) is 6.23. The van der Waals surface area contributed by atoms with Gasteiger partial charge in [0.25, 0.3) is 0 Å². The highest BCUT2D eigenvalue weighted by Crippen LogP contribution is 2.23. The number of rotatable bonds is 4. The van der Waals surface area contributed by atoms with Gasteiger partial charge < -0.3 is 15.1 Å². The highest BCUT2D eigenvalue weighted by atomic mass is 35.5. The third kappa shape index (κ3) is 5.16. The van der Waals surface area contributed by atoms with E-state index in [2.05, 4.69) is 34.0 Å². The van der Waals surface area contributed by atoms with Crippen LogP contribution in [0.3, 0.4) is 0 Å². The van der Waals surface area contributed by atoms with Crippen molar-refractivity contribution in [1.82, 2.24) is 14.9 Å². The van der Waals surface area contributed by atoms with Crippen LogP contribution in [0.25, 0.3) is 0 Å². The lowest BCUT2D eigenvalue weighted by molar-refractivity contribution is 0.222. The summed E-state index contributed by atoms with van der Waals surface area (Å²) in [6.45, 7) is 6.24. The van der Waals surface area contributed by atoms with Gasteiger partial charge in [-0.3, -0.25) is 5.41 Å². The molecule has 1 saturated heterocycles. The molecule has 0 radical (unpaired) electrons. The monoisotopic (exact) mass is 436 g/mol. The van der Waals surface area contributed by atoms with Gasteiger partial charge in [0.2, 0.25) is 5.28 Å². The Bertz CT molecular complexity index is 998. The van der Waals surface area contributed by atoms with E-state index in [1.807, 2.05) is 11.0 Å². The van der Waals surface area contributed by atoms with E-state index in [0.717, 1.165) is 5.82 Å². The Morgan fingerprint density at radius 3 is 2.72 bits per heavy atom. The fourth-order valence-corrected chi connectivity index (χ4v) is 4.19. The van der Waals surface area contributed by atoms with Crippen molar-refractivity contribution in [3.63, 3.8) is 0 Å². The van der Waals surface area contributed by atoms with Crippen LogP contribution in [-0.2, 0) is 9.84 Å². The van der Waals surface area contributed by atoms with Gasteiger partial charge in [-0.15, -0.1) is 0 Å². The van der Waals surface area contributed by atoms with Crippen molar-refractivity contribution >= 4 is 38.9 Å².